The molecule has 5 rings (SSSR count). The number of aromatic nitrogens is 1. The van der Waals surface area contributed by atoms with Crippen LogP contribution in [0.2, 0.25) is 0 Å². The molecule has 1 aliphatic carbocycles. The summed E-state index contributed by atoms with van der Waals surface area (Å²) in [5, 5.41) is 5.61. The van der Waals surface area contributed by atoms with Gasteiger partial charge in [-0.3, -0.25) is 4.79 Å². The number of nitrogens with zero attached hydrogens (tertiary/aromatic N) is 1. The lowest BCUT2D eigenvalue weighted by Gasteiger charge is -2.13. The summed E-state index contributed by atoms with van der Waals surface area (Å²) in [5.41, 5.74) is 6.90. The summed E-state index contributed by atoms with van der Waals surface area (Å²) in [6.45, 7) is 3.59. The number of nitrogens with one attached hydrogen (secondary N) is 1. The van der Waals surface area contributed by atoms with Gasteiger partial charge in [0.15, 0.2) is 6.61 Å². The molecule has 4 aromatic rings. The van der Waals surface area contributed by atoms with Crippen LogP contribution in [0.1, 0.15) is 44.0 Å². The van der Waals surface area contributed by atoms with Crippen molar-refractivity contribution in [2.45, 2.75) is 26.7 Å². The third-order valence-electron chi connectivity index (χ3n) is 5.85. The Morgan fingerprint density at radius 1 is 1.06 bits per heavy atom. The number of hydrogen-bond acceptors (Lipinski definition) is 5. The van der Waals surface area contributed by atoms with Crippen LogP contribution in [-0.2, 0) is 16.0 Å². The number of benzene rings is 2. The van der Waals surface area contributed by atoms with Crippen LogP contribution in [0.5, 0.6) is 0 Å². The Morgan fingerprint density at radius 2 is 1.85 bits per heavy atom. The lowest BCUT2D eigenvalue weighted by molar-refractivity contribution is -0.119. The topological polar surface area (TPSA) is 68.3 Å². The number of carbonyl (C=O) groups excluding carboxylic acids is 2. The van der Waals surface area contributed by atoms with Gasteiger partial charge in [0.05, 0.1) is 16.8 Å². The maximum atomic E-state index is 13.3. The van der Waals surface area contributed by atoms with Gasteiger partial charge in [-0.25, -0.2) is 9.78 Å². The predicted molar refractivity (Wildman–Crippen MR) is 137 cm³/mol. The Labute approximate surface area is 202 Å². The highest BCUT2D eigenvalue weighted by atomic mass is 32.1. The molecule has 0 unspecified atom stereocenters. The Hall–Kier alpha value is -3.77. The number of aryl methyl sites for hydroxylation is 2. The molecular formula is C28H24N2O3S. The minimum atomic E-state index is -0.497. The van der Waals surface area contributed by atoms with Crippen LogP contribution in [0.15, 0.2) is 60.0 Å². The smallest absolute Gasteiger partial charge is 0.339 e. The first-order valence-corrected chi connectivity index (χ1v) is 12.1. The minimum absolute atomic E-state index is 0.352. The Balaban J connectivity index is 1.42. The first kappa shape index (κ1) is 22.0. The number of fused-ring (bicyclic) bond motifs is 2. The number of rotatable bonds is 5. The normalized spacial score (nSPS) is 13.8. The molecule has 0 aliphatic heterocycles. The second kappa shape index (κ2) is 9.23. The van der Waals surface area contributed by atoms with Crippen molar-refractivity contribution in [3.05, 3.63) is 92.8 Å². The maximum Gasteiger partial charge on any atom is 0.339 e. The first-order chi connectivity index (χ1) is 16.5. The molecule has 34 heavy (non-hydrogen) atoms. The second-order valence-electron chi connectivity index (χ2n) is 8.52. The zero-order chi connectivity index (χ0) is 23.7. The summed E-state index contributed by atoms with van der Waals surface area (Å²) < 4.78 is 5.50. The summed E-state index contributed by atoms with van der Waals surface area (Å²) in [4.78, 5) is 31.8. The minimum Gasteiger partial charge on any atom is -0.452 e. The average Bonchev–Trinajstić information content (AvgIpc) is 3.46. The Morgan fingerprint density at radius 3 is 2.62 bits per heavy atom. The van der Waals surface area contributed by atoms with Gasteiger partial charge in [-0.05, 0) is 84.7 Å². The SMILES string of the molecule is Cc1cc(C)cc(NC(=O)COC(=O)c2c3c(nc4ccccc24)C(=Cc2cccs2)CC3)c1. The fourth-order valence-electron chi connectivity index (χ4n) is 4.50. The molecule has 1 N–H and O–H groups in total. The van der Waals surface area contributed by atoms with Crippen molar-refractivity contribution in [3.63, 3.8) is 0 Å². The Kier molecular flexibility index (Phi) is 5.99. The first-order valence-electron chi connectivity index (χ1n) is 11.2. The number of hydrogen-bond donors (Lipinski definition) is 1. The third kappa shape index (κ3) is 4.50. The monoisotopic (exact) mass is 468 g/mol. The van der Waals surface area contributed by atoms with Crippen LogP contribution in [-0.4, -0.2) is 23.5 Å². The van der Waals surface area contributed by atoms with Crippen molar-refractivity contribution >= 4 is 51.5 Å². The molecular weight excluding hydrogens is 444 g/mol. The molecule has 0 atom stereocenters. The van der Waals surface area contributed by atoms with Crippen molar-refractivity contribution < 1.29 is 14.3 Å². The Bertz CT molecular complexity index is 1420. The molecule has 0 bridgehead atoms. The molecule has 0 radical (unpaired) electrons. The number of anilines is 1. The van der Waals surface area contributed by atoms with Crippen molar-refractivity contribution in [2.75, 3.05) is 11.9 Å². The molecule has 6 heteroatoms. The molecule has 1 aliphatic rings. The van der Waals surface area contributed by atoms with Gasteiger partial charge >= 0.3 is 5.97 Å². The van der Waals surface area contributed by atoms with Crippen molar-refractivity contribution in [1.29, 1.82) is 0 Å². The van der Waals surface area contributed by atoms with E-state index in [0.717, 1.165) is 50.2 Å². The standard InChI is InChI=1S/C28H24N2O3S/c1-17-12-18(2)14-20(13-17)29-25(31)16-33-28(32)26-22-7-3-4-8-24(22)30-27-19(9-10-23(26)27)15-21-6-5-11-34-21/h3-8,11-15H,9-10,16H2,1-2H3,(H,29,31). The summed E-state index contributed by atoms with van der Waals surface area (Å²) in [6.07, 6.45) is 3.66. The van der Waals surface area contributed by atoms with E-state index >= 15 is 0 Å². The number of allylic oxidation sites excluding steroid dienone is 1. The average molecular weight is 469 g/mol. The molecule has 2 heterocycles. The van der Waals surface area contributed by atoms with Crippen LogP contribution in [0.4, 0.5) is 5.69 Å². The van der Waals surface area contributed by atoms with Crippen LogP contribution >= 0.6 is 11.3 Å². The highest BCUT2D eigenvalue weighted by Gasteiger charge is 2.28. The lowest BCUT2D eigenvalue weighted by atomic mass is 10.0. The van der Waals surface area contributed by atoms with Crippen molar-refractivity contribution in [3.8, 4) is 0 Å². The predicted octanol–water partition coefficient (Wildman–Crippen LogP) is 6.20. The highest BCUT2D eigenvalue weighted by Crippen LogP contribution is 2.38. The van der Waals surface area contributed by atoms with Crippen molar-refractivity contribution in [2.24, 2.45) is 0 Å². The number of pyridine rings is 1. The quantitative estimate of drug-likeness (QED) is 0.354. The van der Waals surface area contributed by atoms with Gasteiger partial charge in [-0.15, -0.1) is 11.3 Å². The largest absolute Gasteiger partial charge is 0.452 e. The number of thiophene rings is 1. The summed E-state index contributed by atoms with van der Waals surface area (Å²) in [7, 11) is 0. The highest BCUT2D eigenvalue weighted by molar-refractivity contribution is 7.10. The van der Waals surface area contributed by atoms with Crippen LogP contribution in [0.25, 0.3) is 22.6 Å². The van der Waals surface area contributed by atoms with Gasteiger partial charge in [0, 0.05) is 16.0 Å². The van der Waals surface area contributed by atoms with E-state index in [2.05, 4.69) is 17.5 Å². The van der Waals surface area contributed by atoms with E-state index in [1.165, 1.54) is 0 Å². The van der Waals surface area contributed by atoms with E-state index in [-0.39, 0.29) is 12.5 Å². The van der Waals surface area contributed by atoms with Gasteiger partial charge in [0.1, 0.15) is 0 Å². The number of para-hydroxylation sites is 1. The molecule has 170 valence electrons. The van der Waals surface area contributed by atoms with Crippen LogP contribution < -0.4 is 5.32 Å². The second-order valence-corrected chi connectivity index (χ2v) is 9.50. The zero-order valence-corrected chi connectivity index (χ0v) is 19.9. The lowest BCUT2D eigenvalue weighted by Crippen LogP contribution is -2.22. The zero-order valence-electron chi connectivity index (χ0n) is 19.1. The van der Waals surface area contributed by atoms with Crippen LogP contribution in [0.3, 0.4) is 0 Å². The van der Waals surface area contributed by atoms with Crippen LogP contribution in [0, 0.1) is 13.8 Å². The number of ether oxygens (including phenoxy) is 1. The fourth-order valence-corrected chi connectivity index (χ4v) is 5.19. The molecule has 2 aromatic heterocycles. The third-order valence-corrected chi connectivity index (χ3v) is 6.66. The summed E-state index contributed by atoms with van der Waals surface area (Å²) in [5.74, 6) is -0.866. The number of amides is 1. The molecule has 0 saturated heterocycles. The van der Waals surface area contributed by atoms with E-state index in [9.17, 15) is 9.59 Å². The van der Waals surface area contributed by atoms with E-state index in [4.69, 9.17) is 9.72 Å². The summed E-state index contributed by atoms with van der Waals surface area (Å²) >= 11 is 1.67. The summed E-state index contributed by atoms with van der Waals surface area (Å²) in [6, 6.07) is 17.5. The van der Waals surface area contributed by atoms with Gasteiger partial charge in [0.2, 0.25) is 0 Å². The van der Waals surface area contributed by atoms with E-state index in [0.29, 0.717) is 17.7 Å². The molecule has 1 amide bonds. The maximum absolute atomic E-state index is 13.3. The molecule has 0 spiro atoms. The van der Waals surface area contributed by atoms with E-state index < -0.39 is 5.97 Å². The van der Waals surface area contributed by atoms with E-state index in [1.54, 1.807) is 11.3 Å². The molecule has 0 fully saturated rings. The molecule has 5 nitrogen and oxygen atoms in total. The van der Waals surface area contributed by atoms with Gasteiger partial charge in [-0.1, -0.05) is 30.3 Å². The van der Waals surface area contributed by atoms with E-state index in [1.807, 2.05) is 67.8 Å². The van der Waals surface area contributed by atoms with Gasteiger partial charge in [-0.2, -0.15) is 0 Å². The molecule has 2 aromatic carbocycles. The van der Waals surface area contributed by atoms with Crippen molar-refractivity contribution in [1.82, 2.24) is 4.98 Å². The molecule has 0 saturated carbocycles. The van der Waals surface area contributed by atoms with Gasteiger partial charge in [0.25, 0.3) is 5.91 Å². The van der Waals surface area contributed by atoms with Gasteiger partial charge < -0.3 is 10.1 Å². The number of esters is 1. The fraction of sp³-hybridized carbons (Fsp3) is 0.179. The number of carbonyl (C=O) groups is 2.